The summed E-state index contributed by atoms with van der Waals surface area (Å²) in [5.41, 5.74) is 8.57. The smallest absolute Gasteiger partial charge is 0.0178 e. The fourth-order valence-electron chi connectivity index (χ4n) is 1.63. The van der Waals surface area contributed by atoms with Crippen molar-refractivity contribution in [2.45, 2.75) is 25.3 Å². The van der Waals surface area contributed by atoms with Gasteiger partial charge in [0.15, 0.2) is 0 Å². The van der Waals surface area contributed by atoms with Crippen molar-refractivity contribution < 1.29 is 0 Å². The van der Waals surface area contributed by atoms with Crippen molar-refractivity contribution in [1.82, 2.24) is 0 Å². The minimum absolute atomic E-state index is 0.407. The lowest BCUT2D eigenvalue weighted by Gasteiger charge is -2.03. The van der Waals surface area contributed by atoms with Gasteiger partial charge in [-0.25, -0.2) is 0 Å². The molecule has 0 aliphatic heterocycles. The van der Waals surface area contributed by atoms with Gasteiger partial charge in [0.05, 0.1) is 0 Å². The molecule has 1 aliphatic carbocycles. The SMILES string of the molecule is Cc1cc(Br)ccc1[C@@H]1C[C@H]1N. The molecule has 0 bridgehead atoms. The Labute approximate surface area is 81.1 Å². The molecule has 1 aromatic carbocycles. The van der Waals surface area contributed by atoms with Crippen LogP contribution in [0.25, 0.3) is 0 Å². The predicted molar refractivity (Wildman–Crippen MR) is 54.2 cm³/mol. The first-order valence-corrected chi connectivity index (χ1v) is 4.99. The standard InChI is InChI=1S/C10H12BrN/c1-6-4-7(11)2-3-8(6)9-5-10(9)12/h2-4,9-10H,5,12H2,1H3/t9-,10+/m0/s1. The van der Waals surface area contributed by atoms with Crippen molar-refractivity contribution in [2.24, 2.45) is 5.73 Å². The fraction of sp³-hybridized carbons (Fsp3) is 0.400. The Morgan fingerprint density at radius 2 is 2.17 bits per heavy atom. The van der Waals surface area contributed by atoms with Crippen molar-refractivity contribution in [3.8, 4) is 0 Å². The van der Waals surface area contributed by atoms with Crippen molar-refractivity contribution in [3.63, 3.8) is 0 Å². The second-order valence-electron chi connectivity index (χ2n) is 3.51. The lowest BCUT2D eigenvalue weighted by molar-refractivity contribution is 0.980. The Morgan fingerprint density at radius 1 is 1.50 bits per heavy atom. The molecule has 0 spiro atoms. The molecule has 1 aliphatic rings. The molecule has 12 heavy (non-hydrogen) atoms. The summed E-state index contributed by atoms with van der Waals surface area (Å²) < 4.78 is 1.15. The number of hydrogen-bond donors (Lipinski definition) is 1. The number of benzene rings is 1. The van der Waals surface area contributed by atoms with Crippen molar-refractivity contribution >= 4 is 15.9 Å². The molecular formula is C10H12BrN. The first-order valence-electron chi connectivity index (χ1n) is 4.20. The van der Waals surface area contributed by atoms with Crippen LogP contribution >= 0.6 is 15.9 Å². The van der Waals surface area contributed by atoms with Gasteiger partial charge in [-0.05, 0) is 36.6 Å². The Morgan fingerprint density at radius 3 is 2.67 bits per heavy atom. The summed E-state index contributed by atoms with van der Waals surface area (Å²) in [6, 6.07) is 6.83. The Bertz CT molecular complexity index is 309. The molecule has 2 N–H and O–H groups in total. The molecule has 1 aromatic rings. The fourth-order valence-corrected chi connectivity index (χ4v) is 2.10. The molecule has 2 heteroatoms. The van der Waals surface area contributed by atoms with Crippen LogP contribution in [-0.2, 0) is 0 Å². The normalized spacial score (nSPS) is 27.2. The van der Waals surface area contributed by atoms with Gasteiger partial charge in [0.2, 0.25) is 0 Å². The average molecular weight is 226 g/mol. The second kappa shape index (κ2) is 2.86. The van der Waals surface area contributed by atoms with Gasteiger partial charge in [0.1, 0.15) is 0 Å². The van der Waals surface area contributed by atoms with Crippen LogP contribution in [0.15, 0.2) is 22.7 Å². The largest absolute Gasteiger partial charge is 0.327 e. The van der Waals surface area contributed by atoms with Crippen molar-refractivity contribution in [3.05, 3.63) is 33.8 Å². The Kier molecular flexibility index (Phi) is 1.97. The third-order valence-corrected chi connectivity index (χ3v) is 2.96. The maximum atomic E-state index is 5.79. The van der Waals surface area contributed by atoms with Gasteiger partial charge in [0, 0.05) is 16.4 Å². The molecule has 0 aromatic heterocycles. The van der Waals surface area contributed by atoms with E-state index >= 15 is 0 Å². The molecule has 0 amide bonds. The van der Waals surface area contributed by atoms with Crippen molar-refractivity contribution in [1.29, 1.82) is 0 Å². The minimum atomic E-state index is 0.407. The lowest BCUT2D eigenvalue weighted by atomic mass is 10.0. The molecule has 0 heterocycles. The highest BCUT2D eigenvalue weighted by molar-refractivity contribution is 9.10. The first-order chi connectivity index (χ1) is 5.68. The van der Waals surface area contributed by atoms with Crippen LogP contribution in [0.3, 0.4) is 0 Å². The van der Waals surface area contributed by atoms with E-state index in [9.17, 15) is 0 Å². The van der Waals surface area contributed by atoms with Crippen LogP contribution in [-0.4, -0.2) is 6.04 Å². The number of rotatable bonds is 1. The molecule has 1 fully saturated rings. The number of nitrogens with two attached hydrogens (primary N) is 1. The summed E-state index contributed by atoms with van der Waals surface area (Å²) in [4.78, 5) is 0. The quantitative estimate of drug-likeness (QED) is 0.782. The van der Waals surface area contributed by atoms with E-state index < -0.39 is 0 Å². The predicted octanol–water partition coefficient (Wildman–Crippen LogP) is 2.57. The third-order valence-electron chi connectivity index (χ3n) is 2.47. The number of hydrogen-bond acceptors (Lipinski definition) is 1. The Hall–Kier alpha value is -0.340. The molecule has 2 rings (SSSR count). The van der Waals surface area contributed by atoms with Gasteiger partial charge >= 0.3 is 0 Å². The van der Waals surface area contributed by atoms with Gasteiger partial charge in [-0.15, -0.1) is 0 Å². The zero-order chi connectivity index (χ0) is 8.72. The minimum Gasteiger partial charge on any atom is -0.327 e. The van der Waals surface area contributed by atoms with E-state index in [0.29, 0.717) is 12.0 Å². The molecule has 2 atom stereocenters. The van der Waals surface area contributed by atoms with Crippen LogP contribution in [0.4, 0.5) is 0 Å². The summed E-state index contributed by atoms with van der Waals surface area (Å²) in [5.74, 6) is 0.623. The highest BCUT2D eigenvalue weighted by Crippen LogP contribution is 2.40. The van der Waals surface area contributed by atoms with Gasteiger partial charge < -0.3 is 5.73 Å². The molecule has 0 radical (unpaired) electrons. The molecule has 0 saturated heterocycles. The highest BCUT2D eigenvalue weighted by atomic mass is 79.9. The Balaban J connectivity index is 2.33. The zero-order valence-electron chi connectivity index (χ0n) is 7.05. The van der Waals surface area contributed by atoms with Crippen LogP contribution in [0.1, 0.15) is 23.5 Å². The van der Waals surface area contributed by atoms with Crippen LogP contribution in [0.2, 0.25) is 0 Å². The van der Waals surface area contributed by atoms with Gasteiger partial charge in [-0.3, -0.25) is 0 Å². The van der Waals surface area contributed by atoms with E-state index in [1.807, 2.05) is 0 Å². The summed E-state index contributed by atoms with van der Waals surface area (Å²) in [7, 11) is 0. The molecular weight excluding hydrogens is 214 g/mol. The third kappa shape index (κ3) is 1.41. The lowest BCUT2D eigenvalue weighted by Crippen LogP contribution is -2.01. The summed E-state index contributed by atoms with van der Waals surface area (Å²) >= 11 is 3.45. The van der Waals surface area contributed by atoms with Crippen LogP contribution in [0.5, 0.6) is 0 Å². The maximum Gasteiger partial charge on any atom is 0.0178 e. The van der Waals surface area contributed by atoms with Gasteiger partial charge in [0.25, 0.3) is 0 Å². The van der Waals surface area contributed by atoms with E-state index in [2.05, 4.69) is 41.1 Å². The number of halogens is 1. The van der Waals surface area contributed by atoms with E-state index in [1.165, 1.54) is 11.1 Å². The highest BCUT2D eigenvalue weighted by Gasteiger charge is 2.35. The van der Waals surface area contributed by atoms with Gasteiger partial charge in [-0.2, -0.15) is 0 Å². The summed E-state index contributed by atoms with van der Waals surface area (Å²) in [5, 5.41) is 0. The van der Waals surface area contributed by atoms with E-state index in [-0.39, 0.29) is 0 Å². The average Bonchev–Trinajstić information content (AvgIpc) is 2.66. The summed E-state index contributed by atoms with van der Waals surface area (Å²) in [6.45, 7) is 2.14. The van der Waals surface area contributed by atoms with Crippen LogP contribution < -0.4 is 5.73 Å². The number of aryl methyl sites for hydroxylation is 1. The second-order valence-corrected chi connectivity index (χ2v) is 4.42. The summed E-state index contributed by atoms with van der Waals surface area (Å²) in [6.07, 6.45) is 1.16. The molecule has 1 saturated carbocycles. The molecule has 64 valence electrons. The van der Waals surface area contributed by atoms with Crippen molar-refractivity contribution in [2.75, 3.05) is 0 Å². The maximum absolute atomic E-state index is 5.79. The van der Waals surface area contributed by atoms with E-state index in [1.54, 1.807) is 0 Å². The molecule has 1 nitrogen and oxygen atoms in total. The van der Waals surface area contributed by atoms with E-state index in [0.717, 1.165) is 10.9 Å². The van der Waals surface area contributed by atoms with Crippen LogP contribution in [0, 0.1) is 6.92 Å². The zero-order valence-corrected chi connectivity index (χ0v) is 8.64. The molecule has 0 unspecified atom stereocenters. The first kappa shape index (κ1) is 8.27. The monoisotopic (exact) mass is 225 g/mol. The van der Waals surface area contributed by atoms with E-state index in [4.69, 9.17) is 5.73 Å². The van der Waals surface area contributed by atoms with Gasteiger partial charge in [-0.1, -0.05) is 22.0 Å². The topological polar surface area (TPSA) is 26.0 Å².